The molecule has 14 nitrogen and oxygen atoms in total. The normalized spacial score (nSPS) is 10.0. The van der Waals surface area contributed by atoms with E-state index in [1.165, 1.54) is 24.3 Å². The van der Waals surface area contributed by atoms with Gasteiger partial charge < -0.3 is 40.9 Å². The van der Waals surface area contributed by atoms with Gasteiger partial charge in [0.05, 0.1) is 36.3 Å². The van der Waals surface area contributed by atoms with E-state index in [0.29, 0.717) is 47.8 Å². The maximum Gasteiger partial charge on any atom is 0.269 e. The first-order chi connectivity index (χ1) is 18.2. The summed E-state index contributed by atoms with van der Waals surface area (Å²) in [4.78, 5) is 23.3. The molecule has 0 aliphatic heterocycles. The van der Waals surface area contributed by atoms with E-state index in [0.717, 1.165) is 0 Å². The van der Waals surface area contributed by atoms with Gasteiger partial charge in [-0.2, -0.15) is 0 Å². The molecule has 0 aromatic heterocycles. The molecule has 0 radical (unpaired) electrons. The first kappa shape index (κ1) is 32.5. The van der Waals surface area contributed by atoms with Crippen LogP contribution in [-0.4, -0.2) is 103 Å². The van der Waals surface area contributed by atoms with Crippen molar-refractivity contribution in [2.24, 2.45) is 0 Å². The minimum atomic E-state index is -0.480. The SMILES string of the molecule is O=[N+]([O-])c1ccc(NC(=S)N(CCO)CCO)cc1.O=[N+]([O-])c1ccc(NC(=S)N(CCO)CCO)cc1. The standard InChI is InChI=1S/2C11H15N3O4S/c2*15-7-5-13(6-8-16)11(19)12-9-1-3-10(4-2-9)14(17)18/h2*1-4,15-16H,5-8H2,(H,12,19). The molecule has 0 fully saturated rings. The van der Waals surface area contributed by atoms with Crippen LogP contribution in [0.2, 0.25) is 0 Å². The Morgan fingerprint density at radius 1 is 0.632 bits per heavy atom. The van der Waals surface area contributed by atoms with Crippen molar-refractivity contribution >= 4 is 57.4 Å². The molecule has 2 rings (SSSR count). The van der Waals surface area contributed by atoms with Crippen molar-refractivity contribution in [2.75, 3.05) is 63.2 Å². The van der Waals surface area contributed by atoms with Crippen molar-refractivity contribution in [3.8, 4) is 0 Å². The number of nitro groups is 2. The lowest BCUT2D eigenvalue weighted by atomic mass is 10.3. The summed E-state index contributed by atoms with van der Waals surface area (Å²) in [6.45, 7) is 0.895. The Hall–Kier alpha value is -3.54. The molecule has 0 amide bonds. The predicted octanol–water partition coefficient (Wildman–Crippen LogP) is 1.16. The number of hydrogen-bond acceptors (Lipinski definition) is 10. The molecule has 0 aliphatic carbocycles. The minimum absolute atomic E-state index is 0.000888. The van der Waals surface area contributed by atoms with Crippen molar-refractivity contribution in [3.05, 3.63) is 68.8 Å². The van der Waals surface area contributed by atoms with Gasteiger partial charge in [0.25, 0.3) is 11.4 Å². The molecule has 0 spiro atoms. The Balaban J connectivity index is 0.000000380. The van der Waals surface area contributed by atoms with Crippen LogP contribution < -0.4 is 10.6 Å². The molecule has 16 heteroatoms. The Bertz CT molecular complexity index is 948. The summed E-state index contributed by atoms with van der Waals surface area (Å²) in [6, 6.07) is 11.6. The first-order valence-corrected chi connectivity index (χ1v) is 12.0. The number of rotatable bonds is 12. The van der Waals surface area contributed by atoms with Crippen LogP contribution in [0.15, 0.2) is 48.5 Å². The van der Waals surface area contributed by atoms with Crippen molar-refractivity contribution in [1.29, 1.82) is 0 Å². The minimum Gasteiger partial charge on any atom is -0.395 e. The summed E-state index contributed by atoms with van der Waals surface area (Å²) in [5.74, 6) is 0. The van der Waals surface area contributed by atoms with E-state index in [1.54, 1.807) is 34.1 Å². The van der Waals surface area contributed by atoms with Crippen LogP contribution in [0.4, 0.5) is 22.7 Å². The van der Waals surface area contributed by atoms with Crippen LogP contribution in [-0.2, 0) is 0 Å². The molecule has 208 valence electrons. The zero-order valence-electron chi connectivity index (χ0n) is 20.3. The van der Waals surface area contributed by atoms with E-state index in [1.807, 2.05) is 0 Å². The summed E-state index contributed by atoms with van der Waals surface area (Å²) in [7, 11) is 0. The number of nitrogens with one attached hydrogen (secondary N) is 2. The van der Waals surface area contributed by atoms with E-state index < -0.39 is 9.85 Å². The average Bonchev–Trinajstić information content (AvgIpc) is 2.89. The van der Waals surface area contributed by atoms with Gasteiger partial charge >= 0.3 is 0 Å². The lowest BCUT2D eigenvalue weighted by molar-refractivity contribution is -0.385. The monoisotopic (exact) mass is 570 g/mol. The van der Waals surface area contributed by atoms with E-state index in [-0.39, 0.29) is 37.8 Å². The molecule has 2 aromatic rings. The fraction of sp³-hybridized carbons (Fsp3) is 0.364. The fourth-order valence-electron chi connectivity index (χ4n) is 2.85. The Labute approximate surface area is 229 Å². The zero-order chi connectivity index (χ0) is 28.5. The highest BCUT2D eigenvalue weighted by atomic mass is 32.1. The third-order valence-corrected chi connectivity index (χ3v) is 5.43. The van der Waals surface area contributed by atoms with Crippen LogP contribution in [0.25, 0.3) is 0 Å². The van der Waals surface area contributed by atoms with E-state index in [4.69, 9.17) is 44.9 Å². The van der Waals surface area contributed by atoms with Gasteiger partial charge in [0.15, 0.2) is 10.2 Å². The lowest BCUT2D eigenvalue weighted by Gasteiger charge is -2.24. The summed E-state index contributed by atoms with van der Waals surface area (Å²) in [5, 5.41) is 63.0. The Morgan fingerprint density at radius 2 is 0.895 bits per heavy atom. The molecule has 0 saturated carbocycles. The molecule has 0 saturated heterocycles. The smallest absolute Gasteiger partial charge is 0.269 e. The van der Waals surface area contributed by atoms with Gasteiger partial charge in [0.2, 0.25) is 0 Å². The largest absolute Gasteiger partial charge is 0.395 e. The van der Waals surface area contributed by atoms with Crippen LogP contribution in [0, 0.1) is 20.2 Å². The van der Waals surface area contributed by atoms with E-state index in [9.17, 15) is 20.2 Å². The molecule has 0 bridgehead atoms. The van der Waals surface area contributed by atoms with Crippen LogP contribution >= 0.6 is 24.4 Å². The van der Waals surface area contributed by atoms with Crippen molar-refractivity contribution in [2.45, 2.75) is 0 Å². The van der Waals surface area contributed by atoms with Gasteiger partial charge in [-0.3, -0.25) is 20.2 Å². The van der Waals surface area contributed by atoms with Gasteiger partial charge in [0.1, 0.15) is 0 Å². The predicted molar refractivity (Wildman–Crippen MR) is 150 cm³/mol. The first-order valence-electron chi connectivity index (χ1n) is 11.2. The fourth-order valence-corrected chi connectivity index (χ4v) is 3.45. The number of anilines is 2. The number of nitro benzene ring substituents is 2. The maximum atomic E-state index is 10.5. The highest BCUT2D eigenvalue weighted by Gasteiger charge is 2.11. The van der Waals surface area contributed by atoms with Crippen molar-refractivity contribution in [1.82, 2.24) is 9.80 Å². The van der Waals surface area contributed by atoms with Gasteiger partial charge in [-0.25, -0.2) is 0 Å². The summed E-state index contributed by atoms with van der Waals surface area (Å²) >= 11 is 10.3. The zero-order valence-corrected chi connectivity index (χ0v) is 21.9. The van der Waals surface area contributed by atoms with Gasteiger partial charge in [-0.15, -0.1) is 0 Å². The second-order valence-electron chi connectivity index (χ2n) is 7.34. The Kier molecular flexibility index (Phi) is 15.2. The van der Waals surface area contributed by atoms with Crippen LogP contribution in [0.5, 0.6) is 0 Å². The molecule has 2 aromatic carbocycles. The summed E-state index contributed by atoms with van der Waals surface area (Å²) in [5.41, 5.74) is 1.21. The van der Waals surface area contributed by atoms with Crippen LogP contribution in [0.1, 0.15) is 0 Å². The molecular formula is C22H30N6O8S2. The molecule has 38 heavy (non-hydrogen) atoms. The van der Waals surface area contributed by atoms with Gasteiger partial charge in [0, 0.05) is 61.8 Å². The number of aliphatic hydroxyl groups excluding tert-OH is 4. The molecule has 0 unspecified atom stereocenters. The quantitative estimate of drug-likeness (QED) is 0.121. The van der Waals surface area contributed by atoms with Crippen molar-refractivity contribution < 1.29 is 30.3 Å². The summed E-state index contributed by atoms with van der Waals surface area (Å²) in [6.07, 6.45) is 0. The number of aliphatic hydroxyl groups is 4. The topological polar surface area (TPSA) is 198 Å². The van der Waals surface area contributed by atoms with E-state index >= 15 is 0 Å². The third-order valence-electron chi connectivity index (χ3n) is 4.71. The second kappa shape index (κ2) is 17.8. The number of benzene rings is 2. The second-order valence-corrected chi connectivity index (χ2v) is 8.11. The number of non-ortho nitro benzene ring substituents is 2. The highest BCUT2D eigenvalue weighted by Crippen LogP contribution is 2.17. The molecular weight excluding hydrogens is 540 g/mol. The third kappa shape index (κ3) is 11.7. The van der Waals surface area contributed by atoms with Gasteiger partial charge in [-0.05, 0) is 48.7 Å². The van der Waals surface area contributed by atoms with Crippen molar-refractivity contribution in [3.63, 3.8) is 0 Å². The molecule has 0 aliphatic rings. The van der Waals surface area contributed by atoms with Crippen LogP contribution in [0.3, 0.4) is 0 Å². The molecule has 6 N–H and O–H groups in total. The number of thiocarbonyl (C=S) groups is 2. The lowest BCUT2D eigenvalue weighted by Crippen LogP contribution is -2.38. The number of hydrogen-bond donors (Lipinski definition) is 6. The number of nitrogens with zero attached hydrogens (tertiary/aromatic N) is 4. The Morgan fingerprint density at radius 3 is 1.11 bits per heavy atom. The molecule has 0 atom stereocenters. The molecule has 0 heterocycles. The summed E-state index contributed by atoms with van der Waals surface area (Å²) < 4.78 is 0. The maximum absolute atomic E-state index is 10.5. The van der Waals surface area contributed by atoms with E-state index in [2.05, 4.69) is 10.6 Å². The van der Waals surface area contributed by atoms with Gasteiger partial charge in [-0.1, -0.05) is 0 Å². The highest BCUT2D eigenvalue weighted by molar-refractivity contribution is 7.80. The average molecular weight is 571 g/mol.